The summed E-state index contributed by atoms with van der Waals surface area (Å²) in [7, 11) is 0. The number of piperidine rings is 1. The van der Waals surface area contributed by atoms with E-state index in [9.17, 15) is 4.79 Å². The van der Waals surface area contributed by atoms with Gasteiger partial charge in [-0.3, -0.25) is 4.79 Å². The van der Waals surface area contributed by atoms with E-state index in [2.05, 4.69) is 9.80 Å². The number of amides is 1. The minimum atomic E-state index is -0.151. The van der Waals surface area contributed by atoms with Crippen LogP contribution in [-0.4, -0.2) is 55.0 Å². The van der Waals surface area contributed by atoms with Crippen molar-refractivity contribution in [2.24, 2.45) is 17.1 Å². The van der Waals surface area contributed by atoms with E-state index in [4.69, 9.17) is 5.73 Å². The zero-order chi connectivity index (χ0) is 13.3. The van der Waals surface area contributed by atoms with Crippen molar-refractivity contribution in [1.29, 1.82) is 0 Å². The molecule has 108 valence electrons. The minimum absolute atomic E-state index is 0.151. The average Bonchev–Trinajstić information content (AvgIpc) is 3.09. The monoisotopic (exact) mass is 265 g/mol. The first-order valence-corrected chi connectivity index (χ1v) is 7.95. The molecule has 0 bridgehead atoms. The summed E-state index contributed by atoms with van der Waals surface area (Å²) in [5.74, 6) is 1.14. The smallest absolute Gasteiger partial charge is 0.230 e. The molecule has 2 saturated heterocycles. The summed E-state index contributed by atoms with van der Waals surface area (Å²) < 4.78 is 0. The first-order valence-electron chi connectivity index (χ1n) is 7.95. The van der Waals surface area contributed by atoms with Crippen molar-refractivity contribution in [3.05, 3.63) is 0 Å². The van der Waals surface area contributed by atoms with Gasteiger partial charge in [0.2, 0.25) is 5.91 Å². The van der Waals surface area contributed by atoms with Crippen molar-refractivity contribution in [3.63, 3.8) is 0 Å². The van der Waals surface area contributed by atoms with E-state index in [0.717, 1.165) is 31.8 Å². The molecule has 2 N–H and O–H groups in total. The van der Waals surface area contributed by atoms with Gasteiger partial charge in [0, 0.05) is 26.2 Å². The summed E-state index contributed by atoms with van der Waals surface area (Å²) in [4.78, 5) is 17.1. The number of hydrogen-bond donors (Lipinski definition) is 1. The predicted octanol–water partition coefficient (Wildman–Crippen LogP) is 1.06. The molecule has 1 amide bonds. The third-order valence-corrected chi connectivity index (χ3v) is 5.31. The van der Waals surface area contributed by atoms with Gasteiger partial charge in [-0.05, 0) is 57.5 Å². The van der Waals surface area contributed by atoms with Crippen LogP contribution in [0.15, 0.2) is 0 Å². The van der Waals surface area contributed by atoms with Crippen LogP contribution in [-0.2, 0) is 4.79 Å². The van der Waals surface area contributed by atoms with E-state index in [-0.39, 0.29) is 5.41 Å². The predicted molar refractivity (Wildman–Crippen MR) is 75.7 cm³/mol. The van der Waals surface area contributed by atoms with Gasteiger partial charge < -0.3 is 15.5 Å². The fourth-order valence-electron chi connectivity index (χ4n) is 3.64. The van der Waals surface area contributed by atoms with E-state index in [0.29, 0.717) is 12.5 Å². The molecule has 3 aliphatic rings. The highest BCUT2D eigenvalue weighted by Gasteiger charge is 2.50. The molecule has 3 fully saturated rings. The first kappa shape index (κ1) is 13.4. The minimum Gasteiger partial charge on any atom is -0.342 e. The Morgan fingerprint density at radius 1 is 1.11 bits per heavy atom. The van der Waals surface area contributed by atoms with E-state index in [1.54, 1.807) is 0 Å². The lowest BCUT2D eigenvalue weighted by Crippen LogP contribution is -2.46. The van der Waals surface area contributed by atoms with Gasteiger partial charge in [-0.1, -0.05) is 0 Å². The van der Waals surface area contributed by atoms with Crippen LogP contribution in [0, 0.1) is 11.3 Å². The average molecular weight is 265 g/mol. The number of rotatable bonds is 4. The van der Waals surface area contributed by atoms with Gasteiger partial charge in [-0.2, -0.15) is 0 Å². The third kappa shape index (κ3) is 2.79. The second-order valence-corrected chi connectivity index (χ2v) is 6.73. The Hall–Kier alpha value is -0.610. The van der Waals surface area contributed by atoms with E-state index in [1.165, 1.54) is 45.3 Å². The molecule has 2 aliphatic heterocycles. The number of carbonyl (C=O) groups excluding carboxylic acids is 1. The Morgan fingerprint density at radius 2 is 1.74 bits per heavy atom. The molecular weight excluding hydrogens is 238 g/mol. The number of carbonyl (C=O) groups is 1. The Kier molecular flexibility index (Phi) is 3.81. The van der Waals surface area contributed by atoms with Crippen molar-refractivity contribution in [3.8, 4) is 0 Å². The number of hydrogen-bond acceptors (Lipinski definition) is 3. The van der Waals surface area contributed by atoms with Crippen LogP contribution < -0.4 is 5.73 Å². The first-order chi connectivity index (χ1) is 9.23. The van der Waals surface area contributed by atoms with Gasteiger partial charge in [0.05, 0.1) is 5.41 Å². The quantitative estimate of drug-likeness (QED) is 0.827. The highest BCUT2D eigenvalue weighted by atomic mass is 16.2. The standard InChI is InChI=1S/C15H27N3O/c16-12-15(5-6-15)14(19)18-9-3-13(4-10-18)11-17-7-1-2-8-17/h13H,1-12,16H2. The summed E-state index contributed by atoms with van der Waals surface area (Å²) >= 11 is 0. The second kappa shape index (κ2) is 5.41. The molecular formula is C15H27N3O. The summed E-state index contributed by atoms with van der Waals surface area (Å²) in [6, 6.07) is 0. The van der Waals surface area contributed by atoms with Crippen LogP contribution in [0.3, 0.4) is 0 Å². The number of likely N-dealkylation sites (tertiary alicyclic amines) is 2. The molecule has 0 spiro atoms. The van der Waals surface area contributed by atoms with Crippen molar-refractivity contribution < 1.29 is 4.79 Å². The van der Waals surface area contributed by atoms with Gasteiger partial charge in [-0.25, -0.2) is 0 Å². The fourth-order valence-corrected chi connectivity index (χ4v) is 3.64. The molecule has 0 aromatic heterocycles. The number of nitrogens with zero attached hydrogens (tertiary/aromatic N) is 2. The maximum atomic E-state index is 12.4. The molecule has 0 radical (unpaired) electrons. The maximum absolute atomic E-state index is 12.4. The number of nitrogens with two attached hydrogens (primary N) is 1. The zero-order valence-corrected chi connectivity index (χ0v) is 11.9. The van der Waals surface area contributed by atoms with Crippen molar-refractivity contribution in [2.75, 3.05) is 39.3 Å². The van der Waals surface area contributed by atoms with Crippen LogP contribution >= 0.6 is 0 Å². The second-order valence-electron chi connectivity index (χ2n) is 6.73. The summed E-state index contributed by atoms with van der Waals surface area (Å²) in [6.07, 6.45) is 7.13. The van der Waals surface area contributed by atoms with Gasteiger partial charge in [0.15, 0.2) is 0 Å². The zero-order valence-electron chi connectivity index (χ0n) is 11.9. The van der Waals surface area contributed by atoms with Gasteiger partial charge in [0.25, 0.3) is 0 Å². The van der Waals surface area contributed by atoms with E-state index >= 15 is 0 Å². The highest BCUT2D eigenvalue weighted by Crippen LogP contribution is 2.46. The fraction of sp³-hybridized carbons (Fsp3) is 0.933. The summed E-state index contributed by atoms with van der Waals surface area (Å²) in [5, 5.41) is 0. The van der Waals surface area contributed by atoms with Gasteiger partial charge in [-0.15, -0.1) is 0 Å². The molecule has 1 saturated carbocycles. The van der Waals surface area contributed by atoms with Crippen LogP contribution in [0.2, 0.25) is 0 Å². The Balaban J connectivity index is 1.45. The van der Waals surface area contributed by atoms with Crippen LogP contribution in [0.25, 0.3) is 0 Å². The van der Waals surface area contributed by atoms with Crippen molar-refractivity contribution in [1.82, 2.24) is 9.80 Å². The SMILES string of the molecule is NCC1(C(=O)N2CCC(CN3CCCC3)CC2)CC1. The normalized spacial score (nSPS) is 27.7. The molecule has 0 atom stereocenters. The van der Waals surface area contributed by atoms with Crippen molar-refractivity contribution in [2.45, 2.75) is 38.5 Å². The Morgan fingerprint density at radius 3 is 2.26 bits per heavy atom. The Bertz CT molecular complexity index is 326. The van der Waals surface area contributed by atoms with E-state index in [1.807, 2.05) is 0 Å². The molecule has 19 heavy (non-hydrogen) atoms. The molecule has 0 unspecified atom stereocenters. The molecule has 2 heterocycles. The molecule has 4 heteroatoms. The summed E-state index contributed by atoms with van der Waals surface area (Å²) in [6.45, 7) is 6.28. The maximum Gasteiger partial charge on any atom is 0.230 e. The third-order valence-electron chi connectivity index (χ3n) is 5.31. The molecule has 1 aliphatic carbocycles. The molecule has 0 aromatic rings. The molecule has 0 aromatic carbocycles. The van der Waals surface area contributed by atoms with Gasteiger partial charge in [0.1, 0.15) is 0 Å². The van der Waals surface area contributed by atoms with Gasteiger partial charge >= 0.3 is 0 Å². The summed E-state index contributed by atoms with van der Waals surface area (Å²) in [5.41, 5.74) is 5.61. The van der Waals surface area contributed by atoms with Crippen LogP contribution in [0.4, 0.5) is 0 Å². The molecule has 3 rings (SSSR count). The molecule has 4 nitrogen and oxygen atoms in total. The highest BCUT2D eigenvalue weighted by molar-refractivity contribution is 5.85. The van der Waals surface area contributed by atoms with Crippen LogP contribution in [0.1, 0.15) is 38.5 Å². The van der Waals surface area contributed by atoms with E-state index < -0.39 is 0 Å². The lowest BCUT2D eigenvalue weighted by atomic mass is 9.94. The lowest BCUT2D eigenvalue weighted by molar-refractivity contribution is -0.138. The Labute approximate surface area is 116 Å². The lowest BCUT2D eigenvalue weighted by Gasteiger charge is -2.35. The topological polar surface area (TPSA) is 49.6 Å². The van der Waals surface area contributed by atoms with Crippen molar-refractivity contribution >= 4 is 5.91 Å². The largest absolute Gasteiger partial charge is 0.342 e. The van der Waals surface area contributed by atoms with Crippen LogP contribution in [0.5, 0.6) is 0 Å².